The van der Waals surface area contributed by atoms with Gasteiger partial charge < -0.3 is 25.0 Å². The molecule has 5 aliphatic rings. The van der Waals surface area contributed by atoms with E-state index in [1.54, 1.807) is 6.20 Å². The molecule has 4 amide bonds. The summed E-state index contributed by atoms with van der Waals surface area (Å²) in [5, 5.41) is 6.69. The lowest BCUT2D eigenvalue weighted by Gasteiger charge is -2.35. The molecule has 7 rings (SSSR count). The molecule has 1 aromatic heterocycles. The van der Waals surface area contributed by atoms with Crippen LogP contribution in [-0.4, -0.2) is 83.7 Å². The number of pyridine rings is 1. The third-order valence-electron chi connectivity index (χ3n) is 11.1. The summed E-state index contributed by atoms with van der Waals surface area (Å²) < 4.78 is 40.0. The minimum atomic E-state index is -3.89. The van der Waals surface area contributed by atoms with Crippen molar-refractivity contribution >= 4 is 50.7 Å². The molecule has 1 aromatic carbocycles. The number of rotatable bonds is 6. The lowest BCUT2D eigenvalue weighted by Crippen LogP contribution is -2.60. The number of alkyl carbamates (subject to hydrolysis) is 1. The van der Waals surface area contributed by atoms with Crippen molar-refractivity contribution in [2.24, 2.45) is 17.3 Å². The molecule has 0 spiro atoms. The predicted octanol–water partition coefficient (Wildman–Crippen LogP) is 3.98. The molecule has 2 aromatic rings. The zero-order valence-electron chi connectivity index (χ0n) is 29.8. The van der Waals surface area contributed by atoms with Crippen LogP contribution >= 0.6 is 0 Å². The Balaban J connectivity index is 1.23. The van der Waals surface area contributed by atoms with Crippen molar-refractivity contribution in [3.05, 3.63) is 54.8 Å². The third-order valence-corrected chi connectivity index (χ3v) is 12.9. The fraction of sp³-hybridized carbons (Fsp3) is 0.553. The number of benzene rings is 1. The summed E-state index contributed by atoms with van der Waals surface area (Å²) in [6.45, 7) is 9.23. The lowest BCUT2D eigenvalue weighted by molar-refractivity contribution is -0.143. The van der Waals surface area contributed by atoms with Crippen molar-refractivity contribution in [1.29, 1.82) is 0 Å². The molecule has 3 heterocycles. The minimum Gasteiger partial charge on any atom is -0.472 e. The maximum Gasteiger partial charge on any atom is 0.408 e. The van der Waals surface area contributed by atoms with Crippen molar-refractivity contribution in [2.45, 2.75) is 107 Å². The van der Waals surface area contributed by atoms with Gasteiger partial charge in [0.1, 0.15) is 29.8 Å². The number of aromatic nitrogens is 1. The summed E-state index contributed by atoms with van der Waals surface area (Å²) in [6, 6.07) is 5.68. The third kappa shape index (κ3) is 7.13. The first-order valence-electron chi connectivity index (χ1n) is 18.2. The number of carbonyl (C=O) groups excluding carboxylic acids is 4. The number of ether oxygens (including phenoxy) is 2. The molecule has 1 unspecified atom stereocenters. The molecule has 2 aliphatic heterocycles. The van der Waals surface area contributed by atoms with Gasteiger partial charge in [-0.05, 0) is 79.4 Å². The first-order chi connectivity index (χ1) is 24.7. The van der Waals surface area contributed by atoms with E-state index in [0.29, 0.717) is 18.7 Å². The van der Waals surface area contributed by atoms with E-state index < -0.39 is 74.1 Å². The number of allylic oxidation sites excluding steroid dienone is 1. The van der Waals surface area contributed by atoms with Crippen LogP contribution in [0.2, 0.25) is 0 Å². The Labute approximate surface area is 304 Å². The van der Waals surface area contributed by atoms with E-state index in [9.17, 15) is 27.6 Å². The zero-order chi connectivity index (χ0) is 37.0. The second-order valence-corrected chi connectivity index (χ2v) is 17.9. The van der Waals surface area contributed by atoms with Gasteiger partial charge in [0.2, 0.25) is 27.7 Å². The number of amides is 4. The summed E-state index contributed by atoms with van der Waals surface area (Å²) in [4.78, 5) is 61.7. The fourth-order valence-electron chi connectivity index (χ4n) is 7.82. The molecule has 4 bridgehead atoms. The molecule has 13 nitrogen and oxygen atoms in total. The van der Waals surface area contributed by atoms with Gasteiger partial charge in [-0.25, -0.2) is 18.2 Å². The Kier molecular flexibility index (Phi) is 9.33. The second-order valence-electron chi connectivity index (χ2n) is 16.0. The van der Waals surface area contributed by atoms with Crippen molar-refractivity contribution in [3.63, 3.8) is 0 Å². The number of nitrogens with one attached hydrogen (secondary N) is 3. The molecule has 3 aliphatic carbocycles. The molecule has 1 saturated heterocycles. The number of sulfonamides is 1. The number of nitrogens with zero attached hydrogens (tertiary/aromatic N) is 2. The fourth-order valence-corrected chi connectivity index (χ4v) is 9.18. The van der Waals surface area contributed by atoms with E-state index >= 15 is 0 Å². The Hall–Kier alpha value is -4.46. The van der Waals surface area contributed by atoms with Crippen LogP contribution in [0.5, 0.6) is 5.88 Å². The highest BCUT2D eigenvalue weighted by Gasteiger charge is 2.62. The quantitative estimate of drug-likeness (QED) is 0.372. The Morgan fingerprint density at radius 3 is 2.62 bits per heavy atom. The van der Waals surface area contributed by atoms with Gasteiger partial charge in [0, 0.05) is 23.9 Å². The molecule has 3 saturated carbocycles. The highest BCUT2D eigenvalue weighted by Crippen LogP contribution is 2.45. The van der Waals surface area contributed by atoms with Crippen LogP contribution in [0.3, 0.4) is 0 Å². The zero-order valence-corrected chi connectivity index (χ0v) is 30.6. The molecule has 3 N–H and O–H groups in total. The highest BCUT2D eigenvalue weighted by molar-refractivity contribution is 7.91. The van der Waals surface area contributed by atoms with Gasteiger partial charge in [0.05, 0.1) is 11.8 Å². The normalized spacial score (nSPS) is 31.3. The predicted molar refractivity (Wildman–Crippen MR) is 193 cm³/mol. The molecular weight excluding hydrogens is 687 g/mol. The lowest BCUT2D eigenvalue weighted by atomic mass is 9.85. The average Bonchev–Trinajstić information content (AvgIpc) is 3.98. The summed E-state index contributed by atoms with van der Waals surface area (Å²) >= 11 is 0. The number of carbonyl (C=O) groups is 4. The number of hydrogen-bond donors (Lipinski definition) is 3. The van der Waals surface area contributed by atoms with Crippen molar-refractivity contribution in [1.82, 2.24) is 25.2 Å². The molecule has 52 heavy (non-hydrogen) atoms. The maximum absolute atomic E-state index is 14.6. The van der Waals surface area contributed by atoms with Crippen LogP contribution in [0.25, 0.3) is 16.8 Å². The molecule has 14 heteroatoms. The van der Waals surface area contributed by atoms with Gasteiger partial charge >= 0.3 is 6.09 Å². The molecule has 0 radical (unpaired) electrons. The molecular formula is C38H47N5O8S. The molecule has 4 fully saturated rings. The standard InChI is InChI=1S/C38H47N5O8S/c1-5-25-20-38(25,35(46)42-52(48,49)27-14-15-27)41-32(44)29-19-26-21-43(29)34(45)31(37(2,3)4)40-36(47)51-30-11-7-10-24(30)9-6-8-22-12-13-23-16-17-39-33(50-26)28(23)18-22/h5-6,8,12-13,16-18,24-27,29-31H,1,7,9-11,14-15,19-21H2,2-4H3,(H,40,47)(H,41,44)(H,42,46)/b8-6+/t24-,25+,26+,29-,30-,31+,38?/m0/s1. The van der Waals surface area contributed by atoms with E-state index in [-0.39, 0.29) is 31.4 Å². The summed E-state index contributed by atoms with van der Waals surface area (Å²) in [6.07, 6.45) is 10.0. The van der Waals surface area contributed by atoms with E-state index in [1.807, 2.05) is 51.1 Å². The van der Waals surface area contributed by atoms with Crippen molar-refractivity contribution < 1.29 is 37.1 Å². The van der Waals surface area contributed by atoms with Gasteiger partial charge in [-0.3, -0.25) is 19.1 Å². The monoisotopic (exact) mass is 733 g/mol. The van der Waals surface area contributed by atoms with Gasteiger partial charge in [0.15, 0.2) is 0 Å². The highest BCUT2D eigenvalue weighted by atomic mass is 32.2. The number of hydrogen-bond acceptors (Lipinski definition) is 9. The van der Waals surface area contributed by atoms with Crippen molar-refractivity contribution in [3.8, 4) is 5.88 Å². The van der Waals surface area contributed by atoms with Crippen LogP contribution in [0, 0.1) is 17.3 Å². The van der Waals surface area contributed by atoms with Crippen LogP contribution < -0.4 is 20.1 Å². The number of fused-ring (bicyclic) bond motifs is 4. The second kappa shape index (κ2) is 13.5. The first-order valence-corrected chi connectivity index (χ1v) is 19.7. The van der Waals surface area contributed by atoms with Crippen LogP contribution in [-0.2, 0) is 29.1 Å². The van der Waals surface area contributed by atoms with Crippen LogP contribution in [0.15, 0.2) is 49.2 Å². The van der Waals surface area contributed by atoms with E-state index in [1.165, 1.54) is 11.0 Å². The van der Waals surface area contributed by atoms with Gasteiger partial charge in [-0.15, -0.1) is 6.58 Å². The van der Waals surface area contributed by atoms with E-state index in [2.05, 4.69) is 33.0 Å². The Bertz CT molecular complexity index is 1940. The smallest absolute Gasteiger partial charge is 0.408 e. The topological polar surface area (TPSA) is 173 Å². The maximum atomic E-state index is 14.6. The van der Waals surface area contributed by atoms with Gasteiger partial charge in [-0.1, -0.05) is 51.1 Å². The van der Waals surface area contributed by atoms with E-state index in [0.717, 1.165) is 42.0 Å². The minimum absolute atomic E-state index is 0.0112. The van der Waals surface area contributed by atoms with Gasteiger partial charge in [-0.2, -0.15) is 0 Å². The first kappa shape index (κ1) is 35.9. The van der Waals surface area contributed by atoms with Crippen LogP contribution in [0.1, 0.15) is 77.7 Å². The largest absolute Gasteiger partial charge is 0.472 e. The summed E-state index contributed by atoms with van der Waals surface area (Å²) in [7, 11) is -3.89. The molecule has 7 atom stereocenters. The SMILES string of the molecule is C=C[C@@H]1CC1(NC(=O)[C@@H]1C[C@@H]2CN1C(=O)[C@H](C(C)(C)C)NC(=O)O[C@H]1CCC[C@@H]1C/C=C/c1ccc3ccnc(c3c1)O2)C(=O)NS(=O)(=O)C1CC1. The Morgan fingerprint density at radius 2 is 1.90 bits per heavy atom. The van der Waals surface area contributed by atoms with Crippen LogP contribution in [0.4, 0.5) is 4.79 Å². The van der Waals surface area contributed by atoms with Gasteiger partial charge in [0.25, 0.3) is 5.91 Å². The average molecular weight is 734 g/mol. The van der Waals surface area contributed by atoms with Crippen molar-refractivity contribution in [2.75, 3.05) is 6.54 Å². The summed E-state index contributed by atoms with van der Waals surface area (Å²) in [5.74, 6) is -2.01. The summed E-state index contributed by atoms with van der Waals surface area (Å²) in [5.41, 5.74) is -1.38. The molecule has 278 valence electrons. The van der Waals surface area contributed by atoms with E-state index in [4.69, 9.17) is 9.47 Å². The Morgan fingerprint density at radius 1 is 1.12 bits per heavy atom.